The van der Waals surface area contributed by atoms with Crippen LogP contribution in [0.15, 0.2) is 36.4 Å². The van der Waals surface area contributed by atoms with Crippen molar-refractivity contribution in [2.75, 3.05) is 23.3 Å². The molecule has 20 heavy (non-hydrogen) atoms. The molecule has 1 aromatic carbocycles. The van der Waals surface area contributed by atoms with Gasteiger partial charge in [0.25, 0.3) is 0 Å². The number of carbonyl (C=O) groups is 3. The molecule has 2 rings (SSSR count). The summed E-state index contributed by atoms with van der Waals surface area (Å²) in [5.41, 5.74) is 1.15. The maximum absolute atomic E-state index is 11.5. The van der Waals surface area contributed by atoms with Gasteiger partial charge in [-0.25, -0.2) is 9.59 Å². The van der Waals surface area contributed by atoms with Gasteiger partial charge in [0.2, 0.25) is 5.91 Å². The maximum atomic E-state index is 11.5. The molecule has 0 unspecified atom stereocenters. The normalized spacial score (nSPS) is 14.4. The second-order valence-electron chi connectivity index (χ2n) is 4.09. The average molecular weight is 275 g/mol. The zero-order valence-corrected chi connectivity index (χ0v) is 10.5. The van der Waals surface area contributed by atoms with E-state index in [1.807, 2.05) is 0 Å². The van der Waals surface area contributed by atoms with Crippen molar-refractivity contribution in [1.29, 1.82) is 0 Å². The minimum absolute atomic E-state index is 0.181. The van der Waals surface area contributed by atoms with Crippen LogP contribution in [0.2, 0.25) is 0 Å². The topological polar surface area (TPSA) is 98.7 Å². The van der Waals surface area contributed by atoms with E-state index in [0.717, 1.165) is 12.2 Å². The highest BCUT2D eigenvalue weighted by molar-refractivity contribution is 6.03. The molecule has 0 atom stereocenters. The molecule has 1 aliphatic rings. The van der Waals surface area contributed by atoms with E-state index in [0.29, 0.717) is 24.5 Å². The van der Waals surface area contributed by atoms with Gasteiger partial charge in [-0.2, -0.15) is 0 Å². The van der Waals surface area contributed by atoms with Gasteiger partial charge in [-0.3, -0.25) is 9.69 Å². The number of hydrogen-bond donors (Lipinski definition) is 3. The third kappa shape index (κ3) is 3.35. The van der Waals surface area contributed by atoms with Crippen LogP contribution in [-0.4, -0.2) is 36.1 Å². The summed E-state index contributed by atoms with van der Waals surface area (Å²) in [5, 5.41) is 13.6. The Morgan fingerprint density at radius 3 is 2.80 bits per heavy atom. The van der Waals surface area contributed by atoms with Crippen molar-refractivity contribution in [2.45, 2.75) is 0 Å². The van der Waals surface area contributed by atoms with Gasteiger partial charge in [-0.05, 0) is 18.2 Å². The Morgan fingerprint density at radius 2 is 2.15 bits per heavy atom. The van der Waals surface area contributed by atoms with Gasteiger partial charge >= 0.3 is 12.0 Å². The fourth-order valence-corrected chi connectivity index (χ4v) is 1.80. The molecule has 1 heterocycles. The van der Waals surface area contributed by atoms with E-state index in [9.17, 15) is 14.4 Å². The van der Waals surface area contributed by atoms with Crippen LogP contribution in [0.4, 0.5) is 16.2 Å². The van der Waals surface area contributed by atoms with E-state index in [2.05, 4.69) is 10.6 Å². The molecule has 3 amide bonds. The summed E-state index contributed by atoms with van der Waals surface area (Å²) in [5.74, 6) is -1.74. The summed E-state index contributed by atoms with van der Waals surface area (Å²) in [6, 6.07) is 6.59. The van der Waals surface area contributed by atoms with Crippen molar-refractivity contribution in [3.05, 3.63) is 36.4 Å². The van der Waals surface area contributed by atoms with Gasteiger partial charge in [0.05, 0.1) is 0 Å². The second kappa shape index (κ2) is 5.87. The third-order valence-corrected chi connectivity index (χ3v) is 2.66. The van der Waals surface area contributed by atoms with Gasteiger partial charge in [-0.1, -0.05) is 6.07 Å². The largest absolute Gasteiger partial charge is 0.478 e. The quantitative estimate of drug-likeness (QED) is 0.708. The van der Waals surface area contributed by atoms with Crippen LogP contribution in [0.1, 0.15) is 0 Å². The number of carbonyl (C=O) groups excluding carboxylic acids is 2. The smallest absolute Gasteiger partial charge is 0.328 e. The van der Waals surface area contributed by atoms with Crippen LogP contribution in [0.25, 0.3) is 0 Å². The van der Waals surface area contributed by atoms with E-state index < -0.39 is 11.9 Å². The minimum Gasteiger partial charge on any atom is -0.478 e. The van der Waals surface area contributed by atoms with Gasteiger partial charge in [0, 0.05) is 36.6 Å². The summed E-state index contributed by atoms with van der Waals surface area (Å²) in [4.78, 5) is 34.9. The van der Waals surface area contributed by atoms with Gasteiger partial charge < -0.3 is 15.7 Å². The zero-order chi connectivity index (χ0) is 14.5. The Balaban J connectivity index is 2.08. The Kier molecular flexibility index (Phi) is 3.99. The number of hydrogen-bond acceptors (Lipinski definition) is 3. The predicted molar refractivity (Wildman–Crippen MR) is 72.6 cm³/mol. The van der Waals surface area contributed by atoms with Crippen LogP contribution in [-0.2, 0) is 9.59 Å². The fourth-order valence-electron chi connectivity index (χ4n) is 1.80. The first-order valence-electron chi connectivity index (χ1n) is 5.94. The van der Waals surface area contributed by atoms with Crippen molar-refractivity contribution in [3.63, 3.8) is 0 Å². The second-order valence-corrected chi connectivity index (χ2v) is 4.09. The fraction of sp³-hybridized carbons (Fsp3) is 0.154. The SMILES string of the molecule is O=C(O)/C=C/C(=O)Nc1cccc(N2CCNC2=O)c1. The number of nitrogens with zero attached hydrogens (tertiary/aromatic N) is 1. The predicted octanol–water partition coefficient (Wildman–Crippen LogP) is 0.795. The van der Waals surface area contributed by atoms with Crippen LogP contribution in [0.3, 0.4) is 0 Å². The molecule has 1 aliphatic heterocycles. The standard InChI is InChI=1S/C13H13N3O4/c17-11(4-5-12(18)19)15-9-2-1-3-10(8-9)16-7-6-14-13(16)20/h1-5,8H,6-7H2,(H,14,20)(H,15,17)(H,18,19)/b5-4+. The number of carboxylic acids is 1. The maximum Gasteiger partial charge on any atom is 0.328 e. The number of amides is 3. The van der Waals surface area contributed by atoms with E-state index in [1.165, 1.54) is 0 Å². The van der Waals surface area contributed by atoms with E-state index in [4.69, 9.17) is 5.11 Å². The van der Waals surface area contributed by atoms with Crippen LogP contribution < -0.4 is 15.5 Å². The third-order valence-electron chi connectivity index (χ3n) is 2.66. The molecule has 1 aromatic rings. The summed E-state index contributed by atoms with van der Waals surface area (Å²) in [6.45, 7) is 1.14. The lowest BCUT2D eigenvalue weighted by molar-refractivity contribution is -0.131. The van der Waals surface area contributed by atoms with Crippen LogP contribution >= 0.6 is 0 Å². The van der Waals surface area contributed by atoms with Crippen molar-refractivity contribution in [1.82, 2.24) is 5.32 Å². The molecule has 1 saturated heterocycles. The summed E-state index contributed by atoms with van der Waals surface area (Å²) < 4.78 is 0. The van der Waals surface area contributed by atoms with Gasteiger partial charge in [0.15, 0.2) is 0 Å². The first kappa shape index (κ1) is 13.6. The Labute approximate surface area is 114 Å². The van der Waals surface area contributed by atoms with Crippen molar-refractivity contribution in [2.24, 2.45) is 0 Å². The molecular weight excluding hydrogens is 262 g/mol. The Hall–Kier alpha value is -2.83. The lowest BCUT2D eigenvalue weighted by atomic mass is 10.2. The summed E-state index contributed by atoms with van der Waals surface area (Å²) in [7, 11) is 0. The molecule has 0 radical (unpaired) electrons. The van der Waals surface area contributed by atoms with E-state index in [-0.39, 0.29) is 6.03 Å². The molecule has 0 saturated carbocycles. The van der Waals surface area contributed by atoms with Crippen LogP contribution in [0, 0.1) is 0 Å². The van der Waals surface area contributed by atoms with Crippen molar-refractivity contribution >= 4 is 29.3 Å². The number of anilines is 2. The highest BCUT2D eigenvalue weighted by Gasteiger charge is 2.21. The Morgan fingerprint density at radius 1 is 1.35 bits per heavy atom. The highest BCUT2D eigenvalue weighted by Crippen LogP contribution is 2.20. The zero-order valence-electron chi connectivity index (χ0n) is 10.5. The number of aliphatic carboxylic acids is 1. The van der Waals surface area contributed by atoms with E-state index in [1.54, 1.807) is 29.2 Å². The number of nitrogens with one attached hydrogen (secondary N) is 2. The molecule has 104 valence electrons. The minimum atomic E-state index is -1.19. The number of urea groups is 1. The molecular formula is C13H13N3O4. The first-order chi connectivity index (χ1) is 9.56. The molecule has 7 nitrogen and oxygen atoms in total. The molecule has 0 aliphatic carbocycles. The van der Waals surface area contributed by atoms with Crippen molar-refractivity contribution < 1.29 is 19.5 Å². The molecule has 7 heteroatoms. The van der Waals surface area contributed by atoms with Crippen molar-refractivity contribution in [3.8, 4) is 0 Å². The number of benzene rings is 1. The molecule has 1 fully saturated rings. The monoisotopic (exact) mass is 275 g/mol. The van der Waals surface area contributed by atoms with E-state index >= 15 is 0 Å². The average Bonchev–Trinajstić information content (AvgIpc) is 2.83. The highest BCUT2D eigenvalue weighted by atomic mass is 16.4. The Bertz CT molecular complexity index is 583. The van der Waals surface area contributed by atoms with Gasteiger partial charge in [-0.15, -0.1) is 0 Å². The lowest BCUT2D eigenvalue weighted by Crippen LogP contribution is -2.27. The molecule has 0 aromatic heterocycles. The van der Waals surface area contributed by atoms with Gasteiger partial charge in [0.1, 0.15) is 0 Å². The number of rotatable bonds is 4. The summed E-state index contributed by atoms with van der Waals surface area (Å²) in [6.07, 6.45) is 1.69. The summed E-state index contributed by atoms with van der Waals surface area (Å²) >= 11 is 0. The lowest BCUT2D eigenvalue weighted by Gasteiger charge is -2.15. The molecule has 0 spiro atoms. The first-order valence-corrected chi connectivity index (χ1v) is 5.94. The molecule has 0 bridgehead atoms. The number of carboxylic acid groups (broad SMARTS) is 1. The van der Waals surface area contributed by atoms with Crippen LogP contribution in [0.5, 0.6) is 0 Å². The molecule has 3 N–H and O–H groups in total.